The fourth-order valence-electron chi connectivity index (χ4n) is 2.10. The predicted octanol–water partition coefficient (Wildman–Crippen LogP) is 3.81. The summed E-state index contributed by atoms with van der Waals surface area (Å²) in [6.07, 6.45) is 0. The highest BCUT2D eigenvalue weighted by atomic mass is 79.9. The number of amides is 1. The molecule has 0 saturated carbocycles. The molecule has 4 heteroatoms. The van der Waals surface area contributed by atoms with E-state index >= 15 is 0 Å². The molecule has 0 atom stereocenters. The van der Waals surface area contributed by atoms with Crippen LogP contribution in [0.25, 0.3) is 0 Å². The van der Waals surface area contributed by atoms with E-state index in [1.54, 1.807) is 4.90 Å². The summed E-state index contributed by atoms with van der Waals surface area (Å²) in [7, 11) is 0. The molecule has 0 unspecified atom stereocenters. The van der Waals surface area contributed by atoms with Crippen molar-refractivity contribution in [1.29, 1.82) is 0 Å². The number of carbonyl (C=O) groups is 1. The van der Waals surface area contributed by atoms with Crippen LogP contribution in [-0.4, -0.2) is 12.5 Å². The van der Waals surface area contributed by atoms with Gasteiger partial charge < -0.3 is 4.74 Å². The molecular weight excluding hydrogens is 306 g/mol. The van der Waals surface area contributed by atoms with Crippen LogP contribution in [0.15, 0.2) is 46.9 Å². The van der Waals surface area contributed by atoms with Crippen molar-refractivity contribution in [3.05, 3.63) is 52.5 Å². The molecule has 1 heterocycles. The summed E-state index contributed by atoms with van der Waals surface area (Å²) in [4.78, 5) is 13.8. The van der Waals surface area contributed by atoms with Gasteiger partial charge in [-0.15, -0.1) is 0 Å². The molecule has 0 fully saturated rings. The molecule has 0 N–H and O–H groups in total. The number of ether oxygens (including phenoxy) is 1. The Balaban J connectivity index is 2.12. The largest absolute Gasteiger partial charge is 0.482 e. The maximum absolute atomic E-state index is 12.1. The Hall–Kier alpha value is -1.81. The standard InChI is InChI=1S/C15H12BrNO2/c1-10-2-5-12(6-3-10)17-13-8-11(16)4-7-14(13)19-9-15(17)18/h2-8H,9H2,1H3. The van der Waals surface area contributed by atoms with Gasteiger partial charge in [-0.05, 0) is 37.3 Å². The van der Waals surface area contributed by atoms with Gasteiger partial charge in [0.05, 0.1) is 5.69 Å². The Morgan fingerprint density at radius 2 is 1.89 bits per heavy atom. The lowest BCUT2D eigenvalue weighted by molar-refractivity contribution is -0.120. The quantitative estimate of drug-likeness (QED) is 0.800. The molecule has 19 heavy (non-hydrogen) atoms. The van der Waals surface area contributed by atoms with Crippen LogP contribution < -0.4 is 9.64 Å². The minimum atomic E-state index is -0.0607. The monoisotopic (exact) mass is 317 g/mol. The molecule has 2 aromatic rings. The smallest absolute Gasteiger partial charge is 0.269 e. The van der Waals surface area contributed by atoms with Gasteiger partial charge in [0.25, 0.3) is 5.91 Å². The highest BCUT2D eigenvalue weighted by Crippen LogP contribution is 2.38. The molecule has 0 saturated heterocycles. The second-order valence-corrected chi connectivity index (χ2v) is 5.38. The van der Waals surface area contributed by atoms with E-state index in [2.05, 4.69) is 15.9 Å². The van der Waals surface area contributed by atoms with Crippen LogP contribution >= 0.6 is 15.9 Å². The molecular formula is C15H12BrNO2. The van der Waals surface area contributed by atoms with Crippen molar-refractivity contribution in [2.24, 2.45) is 0 Å². The van der Waals surface area contributed by atoms with Gasteiger partial charge in [-0.2, -0.15) is 0 Å². The summed E-state index contributed by atoms with van der Waals surface area (Å²) in [6, 6.07) is 13.6. The molecule has 3 rings (SSSR count). The molecule has 0 aromatic heterocycles. The second kappa shape index (κ2) is 4.70. The first kappa shape index (κ1) is 12.2. The lowest BCUT2D eigenvalue weighted by Gasteiger charge is -2.29. The fraction of sp³-hybridized carbons (Fsp3) is 0.133. The van der Waals surface area contributed by atoms with Gasteiger partial charge in [0, 0.05) is 10.2 Å². The molecule has 0 radical (unpaired) electrons. The van der Waals surface area contributed by atoms with Gasteiger partial charge in [0.1, 0.15) is 5.75 Å². The predicted molar refractivity (Wildman–Crippen MR) is 78.0 cm³/mol. The number of hydrogen-bond acceptors (Lipinski definition) is 2. The van der Waals surface area contributed by atoms with E-state index in [-0.39, 0.29) is 12.5 Å². The summed E-state index contributed by atoms with van der Waals surface area (Å²) in [5, 5.41) is 0. The average molecular weight is 318 g/mol. The molecule has 2 aromatic carbocycles. The van der Waals surface area contributed by atoms with Crippen LogP contribution in [0.2, 0.25) is 0 Å². The zero-order valence-corrected chi connectivity index (χ0v) is 12.0. The topological polar surface area (TPSA) is 29.5 Å². The normalized spacial score (nSPS) is 14.0. The number of hydrogen-bond donors (Lipinski definition) is 0. The number of nitrogens with zero attached hydrogens (tertiary/aromatic N) is 1. The van der Waals surface area contributed by atoms with Crippen LogP contribution in [0.1, 0.15) is 5.56 Å². The molecule has 0 bridgehead atoms. The Kier molecular flexibility index (Phi) is 3.03. The summed E-state index contributed by atoms with van der Waals surface area (Å²) in [5.41, 5.74) is 2.80. The van der Waals surface area contributed by atoms with Crippen LogP contribution in [0, 0.1) is 6.92 Å². The SMILES string of the molecule is Cc1ccc(N2C(=O)COc3ccc(Br)cc32)cc1. The number of aryl methyl sites for hydroxylation is 1. The van der Waals surface area contributed by atoms with E-state index in [4.69, 9.17) is 4.74 Å². The third-order valence-electron chi connectivity index (χ3n) is 3.05. The minimum Gasteiger partial charge on any atom is -0.482 e. The van der Waals surface area contributed by atoms with E-state index < -0.39 is 0 Å². The summed E-state index contributed by atoms with van der Waals surface area (Å²) in [6.45, 7) is 2.10. The van der Waals surface area contributed by atoms with Crippen LogP contribution in [0.3, 0.4) is 0 Å². The van der Waals surface area contributed by atoms with Crippen molar-refractivity contribution >= 4 is 33.2 Å². The maximum Gasteiger partial charge on any atom is 0.269 e. The first-order valence-corrected chi connectivity index (χ1v) is 6.76. The summed E-state index contributed by atoms with van der Waals surface area (Å²) in [5.74, 6) is 0.665. The van der Waals surface area contributed by atoms with Crippen LogP contribution in [0.4, 0.5) is 11.4 Å². The van der Waals surface area contributed by atoms with E-state index in [1.165, 1.54) is 5.56 Å². The number of fused-ring (bicyclic) bond motifs is 1. The number of benzene rings is 2. The lowest BCUT2D eigenvalue weighted by atomic mass is 10.1. The van der Waals surface area contributed by atoms with Gasteiger partial charge in [-0.1, -0.05) is 33.6 Å². The molecule has 0 aliphatic carbocycles. The average Bonchev–Trinajstić information content (AvgIpc) is 2.40. The molecule has 96 valence electrons. The number of anilines is 2. The summed E-state index contributed by atoms with van der Waals surface area (Å²) < 4.78 is 6.37. The van der Waals surface area contributed by atoms with Crippen molar-refractivity contribution in [2.45, 2.75) is 6.92 Å². The van der Waals surface area contributed by atoms with Crippen LogP contribution in [-0.2, 0) is 4.79 Å². The van der Waals surface area contributed by atoms with E-state index in [1.807, 2.05) is 49.4 Å². The number of rotatable bonds is 1. The number of halogens is 1. The van der Waals surface area contributed by atoms with E-state index in [9.17, 15) is 4.79 Å². The van der Waals surface area contributed by atoms with E-state index in [0.717, 1.165) is 21.6 Å². The highest BCUT2D eigenvalue weighted by molar-refractivity contribution is 9.10. The first-order chi connectivity index (χ1) is 9.15. The molecule has 1 amide bonds. The fourth-order valence-corrected chi connectivity index (χ4v) is 2.45. The van der Waals surface area contributed by atoms with Gasteiger partial charge in [-0.25, -0.2) is 0 Å². The zero-order chi connectivity index (χ0) is 13.4. The Bertz CT molecular complexity index is 637. The molecule has 0 spiro atoms. The van der Waals surface area contributed by atoms with Crippen molar-refractivity contribution in [1.82, 2.24) is 0 Å². The third kappa shape index (κ3) is 2.24. The highest BCUT2D eigenvalue weighted by Gasteiger charge is 2.26. The minimum absolute atomic E-state index is 0.0607. The Labute approximate surface area is 119 Å². The van der Waals surface area contributed by atoms with Gasteiger partial charge in [0.15, 0.2) is 6.61 Å². The van der Waals surface area contributed by atoms with Crippen molar-refractivity contribution in [3.63, 3.8) is 0 Å². The van der Waals surface area contributed by atoms with Gasteiger partial charge >= 0.3 is 0 Å². The van der Waals surface area contributed by atoms with Crippen LogP contribution in [0.5, 0.6) is 5.75 Å². The van der Waals surface area contributed by atoms with E-state index in [0.29, 0.717) is 0 Å². The van der Waals surface area contributed by atoms with Gasteiger partial charge in [-0.3, -0.25) is 9.69 Å². The Morgan fingerprint density at radius 1 is 1.16 bits per heavy atom. The van der Waals surface area contributed by atoms with Crippen molar-refractivity contribution in [3.8, 4) is 5.75 Å². The molecule has 3 nitrogen and oxygen atoms in total. The van der Waals surface area contributed by atoms with Crippen molar-refractivity contribution in [2.75, 3.05) is 11.5 Å². The Morgan fingerprint density at radius 3 is 2.63 bits per heavy atom. The summed E-state index contributed by atoms with van der Waals surface area (Å²) >= 11 is 3.43. The molecule has 1 aliphatic heterocycles. The molecule has 1 aliphatic rings. The number of carbonyl (C=O) groups excluding carboxylic acids is 1. The first-order valence-electron chi connectivity index (χ1n) is 5.97. The maximum atomic E-state index is 12.1. The zero-order valence-electron chi connectivity index (χ0n) is 10.4. The second-order valence-electron chi connectivity index (χ2n) is 4.47. The van der Waals surface area contributed by atoms with Gasteiger partial charge in [0.2, 0.25) is 0 Å². The third-order valence-corrected chi connectivity index (χ3v) is 3.55. The van der Waals surface area contributed by atoms with Crippen molar-refractivity contribution < 1.29 is 9.53 Å². The lowest BCUT2D eigenvalue weighted by Crippen LogP contribution is -2.35.